The van der Waals surface area contributed by atoms with Crippen LogP contribution in [0.4, 0.5) is 5.69 Å². The highest BCUT2D eigenvalue weighted by Gasteiger charge is 2.18. The van der Waals surface area contributed by atoms with Crippen molar-refractivity contribution in [1.82, 2.24) is 19.3 Å². The second-order valence-corrected chi connectivity index (χ2v) is 7.18. The van der Waals surface area contributed by atoms with Crippen molar-refractivity contribution in [2.24, 2.45) is 0 Å². The number of nitrogens with zero attached hydrogens (tertiary/aromatic N) is 4. The summed E-state index contributed by atoms with van der Waals surface area (Å²) in [5.41, 5.74) is 2.78. The summed E-state index contributed by atoms with van der Waals surface area (Å²) in [5, 5.41) is 7.61. The SMILES string of the molecule is COc1ccc(Cl)cc1NC(=O)Cn1c(-n2nc(C)cc2C)nc(C)c(C)c1=O. The molecule has 0 aliphatic heterocycles. The number of ether oxygens (including phenoxy) is 1. The van der Waals surface area contributed by atoms with Crippen molar-refractivity contribution < 1.29 is 9.53 Å². The summed E-state index contributed by atoms with van der Waals surface area (Å²) in [7, 11) is 1.50. The molecule has 0 aliphatic rings. The molecule has 3 rings (SSSR count). The minimum absolute atomic E-state index is 0.240. The number of aromatic nitrogens is 4. The van der Waals surface area contributed by atoms with E-state index in [4.69, 9.17) is 16.3 Å². The zero-order chi connectivity index (χ0) is 21.3. The fourth-order valence-corrected chi connectivity index (χ4v) is 3.16. The molecule has 1 N–H and O–H groups in total. The van der Waals surface area contributed by atoms with Crippen molar-refractivity contribution >= 4 is 23.2 Å². The molecule has 152 valence electrons. The Labute approximate surface area is 173 Å². The molecule has 1 aromatic carbocycles. The van der Waals surface area contributed by atoms with Crippen LogP contribution in [-0.2, 0) is 11.3 Å². The lowest BCUT2D eigenvalue weighted by Gasteiger charge is -2.16. The highest BCUT2D eigenvalue weighted by atomic mass is 35.5. The number of benzene rings is 1. The van der Waals surface area contributed by atoms with Crippen molar-refractivity contribution in [2.75, 3.05) is 12.4 Å². The van der Waals surface area contributed by atoms with E-state index < -0.39 is 5.91 Å². The van der Waals surface area contributed by atoms with Gasteiger partial charge in [0.1, 0.15) is 12.3 Å². The van der Waals surface area contributed by atoms with Gasteiger partial charge in [-0.25, -0.2) is 9.67 Å². The maximum Gasteiger partial charge on any atom is 0.258 e. The first-order valence-electron chi connectivity index (χ1n) is 8.96. The van der Waals surface area contributed by atoms with Crippen LogP contribution in [-0.4, -0.2) is 32.3 Å². The molecule has 0 spiro atoms. The minimum atomic E-state index is -0.416. The zero-order valence-electron chi connectivity index (χ0n) is 16.9. The first-order valence-corrected chi connectivity index (χ1v) is 9.34. The third-order valence-electron chi connectivity index (χ3n) is 4.55. The highest BCUT2D eigenvalue weighted by Crippen LogP contribution is 2.27. The van der Waals surface area contributed by atoms with Gasteiger partial charge in [0.25, 0.3) is 5.56 Å². The van der Waals surface area contributed by atoms with Crippen LogP contribution >= 0.6 is 11.6 Å². The van der Waals surface area contributed by atoms with Crippen LogP contribution in [0.25, 0.3) is 5.95 Å². The number of rotatable bonds is 5. The second kappa shape index (κ2) is 8.08. The van der Waals surface area contributed by atoms with E-state index in [9.17, 15) is 9.59 Å². The van der Waals surface area contributed by atoms with Gasteiger partial charge in [0.15, 0.2) is 0 Å². The van der Waals surface area contributed by atoms with Gasteiger partial charge in [-0.05, 0) is 52.0 Å². The van der Waals surface area contributed by atoms with E-state index in [1.54, 1.807) is 36.7 Å². The largest absolute Gasteiger partial charge is 0.495 e. The Balaban J connectivity index is 2.02. The summed E-state index contributed by atoms with van der Waals surface area (Å²) in [6.45, 7) is 6.92. The van der Waals surface area contributed by atoms with Gasteiger partial charge in [-0.15, -0.1) is 0 Å². The Hall–Kier alpha value is -3.13. The summed E-state index contributed by atoms with van der Waals surface area (Å²) in [5.74, 6) is 0.337. The first-order chi connectivity index (χ1) is 13.7. The molecule has 1 amide bonds. The van der Waals surface area contributed by atoms with Crippen LogP contribution < -0.4 is 15.6 Å². The molecule has 2 heterocycles. The zero-order valence-corrected chi connectivity index (χ0v) is 17.7. The van der Waals surface area contributed by atoms with Gasteiger partial charge in [0, 0.05) is 22.0 Å². The lowest BCUT2D eigenvalue weighted by molar-refractivity contribution is -0.116. The van der Waals surface area contributed by atoms with Crippen molar-refractivity contribution in [3.8, 4) is 11.7 Å². The summed E-state index contributed by atoms with van der Waals surface area (Å²) >= 11 is 6.02. The van der Waals surface area contributed by atoms with Gasteiger partial charge in [0.2, 0.25) is 11.9 Å². The van der Waals surface area contributed by atoms with Crippen LogP contribution in [0.2, 0.25) is 5.02 Å². The molecule has 0 saturated heterocycles. The highest BCUT2D eigenvalue weighted by molar-refractivity contribution is 6.31. The number of halogens is 1. The predicted octanol–water partition coefficient (Wildman–Crippen LogP) is 2.96. The molecule has 2 aromatic heterocycles. The molecular weight excluding hydrogens is 394 g/mol. The maximum absolute atomic E-state index is 12.9. The monoisotopic (exact) mass is 415 g/mol. The summed E-state index contributed by atoms with van der Waals surface area (Å²) < 4.78 is 8.13. The molecule has 3 aromatic rings. The molecule has 0 bridgehead atoms. The molecule has 29 heavy (non-hydrogen) atoms. The number of carbonyl (C=O) groups is 1. The normalized spacial score (nSPS) is 10.8. The molecule has 0 unspecified atom stereocenters. The smallest absolute Gasteiger partial charge is 0.258 e. The Morgan fingerprint density at radius 3 is 2.55 bits per heavy atom. The quantitative estimate of drug-likeness (QED) is 0.691. The number of anilines is 1. The van der Waals surface area contributed by atoms with E-state index in [1.807, 2.05) is 19.9 Å². The number of nitrogens with one attached hydrogen (secondary N) is 1. The Morgan fingerprint density at radius 1 is 1.21 bits per heavy atom. The third-order valence-corrected chi connectivity index (χ3v) is 4.79. The van der Waals surface area contributed by atoms with E-state index in [0.29, 0.717) is 27.7 Å². The Bertz CT molecular complexity index is 1150. The Kier molecular flexibility index (Phi) is 5.74. The summed E-state index contributed by atoms with van der Waals surface area (Å²) in [4.78, 5) is 30.2. The van der Waals surface area contributed by atoms with Crippen LogP contribution in [0.5, 0.6) is 5.75 Å². The summed E-state index contributed by atoms with van der Waals surface area (Å²) in [6.07, 6.45) is 0. The standard InChI is InChI=1S/C20H22ClN5O3/c1-11-8-12(2)26(24-11)20-22-14(4)13(3)19(28)25(20)10-18(27)23-16-9-15(21)6-7-17(16)29-5/h6-9H,10H2,1-5H3,(H,23,27). The lowest BCUT2D eigenvalue weighted by atomic mass is 10.2. The van der Waals surface area contributed by atoms with Crippen molar-refractivity contribution in [3.05, 3.63) is 62.3 Å². The van der Waals surface area contributed by atoms with Crippen LogP contribution in [0.3, 0.4) is 0 Å². The van der Waals surface area contributed by atoms with Gasteiger partial charge < -0.3 is 10.1 Å². The van der Waals surface area contributed by atoms with Crippen LogP contribution in [0.15, 0.2) is 29.1 Å². The van der Waals surface area contributed by atoms with Gasteiger partial charge in [-0.2, -0.15) is 5.10 Å². The number of hydrogen-bond acceptors (Lipinski definition) is 5. The number of methoxy groups -OCH3 is 1. The molecule has 8 nitrogen and oxygen atoms in total. The Morgan fingerprint density at radius 2 is 1.93 bits per heavy atom. The fourth-order valence-electron chi connectivity index (χ4n) is 2.99. The average molecular weight is 416 g/mol. The van der Waals surface area contributed by atoms with E-state index in [-0.39, 0.29) is 18.1 Å². The third kappa shape index (κ3) is 4.17. The molecule has 0 aliphatic carbocycles. The van der Waals surface area contributed by atoms with Crippen molar-refractivity contribution in [1.29, 1.82) is 0 Å². The molecule has 0 atom stereocenters. The number of amides is 1. The van der Waals surface area contributed by atoms with Gasteiger partial charge >= 0.3 is 0 Å². The van der Waals surface area contributed by atoms with Gasteiger partial charge in [-0.1, -0.05) is 11.6 Å². The van der Waals surface area contributed by atoms with Crippen molar-refractivity contribution in [2.45, 2.75) is 34.2 Å². The van der Waals surface area contributed by atoms with Gasteiger partial charge in [0.05, 0.1) is 18.5 Å². The van der Waals surface area contributed by atoms with E-state index in [2.05, 4.69) is 15.4 Å². The fraction of sp³-hybridized carbons (Fsp3) is 0.300. The molecule has 9 heteroatoms. The van der Waals surface area contributed by atoms with Gasteiger partial charge in [-0.3, -0.25) is 14.2 Å². The number of hydrogen-bond donors (Lipinski definition) is 1. The summed E-state index contributed by atoms with van der Waals surface area (Å²) in [6, 6.07) is 6.78. The molecule has 0 saturated carbocycles. The lowest BCUT2D eigenvalue weighted by Crippen LogP contribution is -2.33. The predicted molar refractivity (Wildman–Crippen MR) is 111 cm³/mol. The minimum Gasteiger partial charge on any atom is -0.495 e. The maximum atomic E-state index is 12.9. The molecular formula is C20H22ClN5O3. The van der Waals surface area contributed by atoms with Crippen LogP contribution in [0, 0.1) is 27.7 Å². The number of aryl methyl sites for hydroxylation is 3. The number of carbonyl (C=O) groups excluding carboxylic acids is 1. The first kappa shape index (κ1) is 20.6. The van der Waals surface area contributed by atoms with Crippen molar-refractivity contribution in [3.63, 3.8) is 0 Å². The molecule has 0 radical (unpaired) electrons. The van der Waals surface area contributed by atoms with E-state index in [0.717, 1.165) is 11.4 Å². The van der Waals surface area contributed by atoms with E-state index in [1.165, 1.54) is 11.7 Å². The topological polar surface area (TPSA) is 91.0 Å². The van der Waals surface area contributed by atoms with Crippen LogP contribution in [0.1, 0.15) is 22.6 Å². The average Bonchev–Trinajstić information content (AvgIpc) is 3.00. The second-order valence-electron chi connectivity index (χ2n) is 6.75. The molecule has 0 fully saturated rings. The van der Waals surface area contributed by atoms with E-state index >= 15 is 0 Å².